The molecule has 1 atom stereocenters. The monoisotopic (exact) mass is 316 g/mol. The highest BCUT2D eigenvalue weighted by Gasteiger charge is 2.21. The highest BCUT2D eigenvalue weighted by molar-refractivity contribution is 7.89. The van der Waals surface area contributed by atoms with Crippen LogP contribution in [0.2, 0.25) is 0 Å². The molecule has 1 rings (SSSR count). The molecule has 0 aliphatic rings. The quantitative estimate of drug-likeness (QED) is 0.583. The van der Waals surface area contributed by atoms with Gasteiger partial charge in [0, 0.05) is 18.7 Å². The van der Waals surface area contributed by atoms with E-state index in [2.05, 4.69) is 34.1 Å². The molecule has 122 valence electrons. The van der Waals surface area contributed by atoms with Crippen LogP contribution in [0.3, 0.4) is 0 Å². The molecule has 0 fully saturated rings. The minimum atomic E-state index is -3.52. The van der Waals surface area contributed by atoms with Gasteiger partial charge in [-0.15, -0.1) is 0 Å². The fraction of sp³-hybridized carbons (Fsp3) is 0.786. The number of sulfonamides is 1. The van der Waals surface area contributed by atoms with Gasteiger partial charge in [-0.1, -0.05) is 40.0 Å². The molecular weight excluding hydrogens is 288 g/mol. The molecule has 7 heteroatoms. The van der Waals surface area contributed by atoms with Gasteiger partial charge in [0.2, 0.25) is 0 Å². The standard InChI is InChI=1S/C14H28N4O2S/c1-4-7-8-12(5-2)9-17-21(19,20)14-13(10-15-6-3)11-16-18-14/h11-12,15,17H,4-10H2,1-3H3,(H,16,18). The summed E-state index contributed by atoms with van der Waals surface area (Å²) in [6.07, 6.45) is 5.87. The zero-order chi connectivity index (χ0) is 15.7. The van der Waals surface area contributed by atoms with Crippen LogP contribution in [0.5, 0.6) is 0 Å². The molecule has 0 radical (unpaired) electrons. The van der Waals surface area contributed by atoms with Gasteiger partial charge >= 0.3 is 0 Å². The van der Waals surface area contributed by atoms with Gasteiger partial charge in [0.1, 0.15) is 0 Å². The average Bonchev–Trinajstić information content (AvgIpc) is 2.94. The van der Waals surface area contributed by atoms with Crippen molar-refractivity contribution in [1.29, 1.82) is 0 Å². The van der Waals surface area contributed by atoms with E-state index in [1.807, 2.05) is 6.92 Å². The normalized spacial score (nSPS) is 13.5. The topological polar surface area (TPSA) is 86.9 Å². The Labute approximate surface area is 128 Å². The molecule has 1 aromatic heterocycles. The number of rotatable bonds is 11. The van der Waals surface area contributed by atoms with Crippen LogP contribution in [0.15, 0.2) is 11.2 Å². The molecule has 1 aromatic rings. The van der Waals surface area contributed by atoms with E-state index in [1.165, 1.54) is 0 Å². The Hall–Kier alpha value is -0.920. The lowest BCUT2D eigenvalue weighted by Gasteiger charge is -2.15. The van der Waals surface area contributed by atoms with Crippen molar-refractivity contribution in [3.8, 4) is 0 Å². The summed E-state index contributed by atoms with van der Waals surface area (Å²) in [5.74, 6) is 0.389. The van der Waals surface area contributed by atoms with Gasteiger partial charge in [-0.3, -0.25) is 5.10 Å². The van der Waals surface area contributed by atoms with E-state index in [4.69, 9.17) is 0 Å². The summed E-state index contributed by atoms with van der Waals surface area (Å²) >= 11 is 0. The Morgan fingerprint density at radius 1 is 1.33 bits per heavy atom. The van der Waals surface area contributed by atoms with Gasteiger partial charge in [-0.25, -0.2) is 13.1 Å². The minimum Gasteiger partial charge on any atom is -0.313 e. The number of aromatic amines is 1. The fourth-order valence-electron chi connectivity index (χ4n) is 2.16. The third kappa shape index (κ3) is 5.76. The maximum Gasteiger partial charge on any atom is 0.257 e. The number of unbranched alkanes of at least 4 members (excludes halogenated alkanes) is 1. The van der Waals surface area contributed by atoms with E-state index in [9.17, 15) is 8.42 Å². The molecule has 1 unspecified atom stereocenters. The second-order valence-electron chi connectivity index (χ2n) is 5.27. The molecule has 0 saturated carbocycles. The molecule has 0 aliphatic carbocycles. The second kappa shape index (κ2) is 9.17. The molecular formula is C14H28N4O2S. The lowest BCUT2D eigenvalue weighted by molar-refractivity contribution is 0.443. The van der Waals surface area contributed by atoms with E-state index in [0.29, 0.717) is 24.6 Å². The lowest BCUT2D eigenvalue weighted by Crippen LogP contribution is -2.30. The van der Waals surface area contributed by atoms with Crippen LogP contribution in [-0.4, -0.2) is 31.7 Å². The Kier molecular flexibility index (Phi) is 7.92. The zero-order valence-electron chi connectivity index (χ0n) is 13.3. The molecule has 0 aliphatic heterocycles. The smallest absolute Gasteiger partial charge is 0.257 e. The third-order valence-electron chi connectivity index (χ3n) is 3.62. The zero-order valence-corrected chi connectivity index (χ0v) is 14.1. The lowest BCUT2D eigenvalue weighted by atomic mass is 10.00. The van der Waals surface area contributed by atoms with Gasteiger partial charge in [0.05, 0.1) is 6.20 Å². The maximum atomic E-state index is 12.4. The molecule has 0 bridgehead atoms. The first kappa shape index (κ1) is 18.1. The first-order valence-electron chi connectivity index (χ1n) is 7.77. The summed E-state index contributed by atoms with van der Waals surface area (Å²) < 4.78 is 27.4. The highest BCUT2D eigenvalue weighted by atomic mass is 32.2. The summed E-state index contributed by atoms with van der Waals surface area (Å²) in [6.45, 7) is 7.99. The van der Waals surface area contributed by atoms with Crippen LogP contribution in [-0.2, 0) is 16.6 Å². The highest BCUT2D eigenvalue weighted by Crippen LogP contribution is 2.15. The number of hydrogen-bond donors (Lipinski definition) is 3. The van der Waals surface area contributed by atoms with Gasteiger partial charge in [-0.05, 0) is 18.9 Å². The summed E-state index contributed by atoms with van der Waals surface area (Å²) in [5.41, 5.74) is 0.672. The third-order valence-corrected chi connectivity index (χ3v) is 5.06. The predicted molar refractivity (Wildman–Crippen MR) is 84.5 cm³/mol. The molecule has 6 nitrogen and oxygen atoms in total. The largest absolute Gasteiger partial charge is 0.313 e. The predicted octanol–water partition coefficient (Wildman–Crippen LogP) is 2.01. The van der Waals surface area contributed by atoms with Gasteiger partial charge in [0.15, 0.2) is 5.03 Å². The summed E-state index contributed by atoms with van der Waals surface area (Å²) in [6, 6.07) is 0. The van der Waals surface area contributed by atoms with Crippen LogP contribution in [0.4, 0.5) is 0 Å². The molecule has 0 amide bonds. The van der Waals surface area contributed by atoms with Crippen molar-refractivity contribution in [3.63, 3.8) is 0 Å². The van der Waals surface area contributed by atoms with Gasteiger partial charge < -0.3 is 5.32 Å². The number of aromatic nitrogens is 2. The Morgan fingerprint density at radius 3 is 2.71 bits per heavy atom. The van der Waals surface area contributed by atoms with E-state index >= 15 is 0 Å². The first-order chi connectivity index (χ1) is 10.0. The van der Waals surface area contributed by atoms with E-state index < -0.39 is 10.0 Å². The van der Waals surface area contributed by atoms with Crippen molar-refractivity contribution >= 4 is 10.0 Å². The van der Waals surface area contributed by atoms with Gasteiger partial charge in [-0.2, -0.15) is 5.10 Å². The molecule has 0 saturated heterocycles. The minimum absolute atomic E-state index is 0.175. The number of nitrogens with zero attached hydrogens (tertiary/aromatic N) is 1. The van der Waals surface area contributed by atoms with Crippen LogP contribution >= 0.6 is 0 Å². The molecule has 0 aromatic carbocycles. The molecule has 3 N–H and O–H groups in total. The first-order valence-corrected chi connectivity index (χ1v) is 9.26. The van der Waals surface area contributed by atoms with Crippen molar-refractivity contribution in [1.82, 2.24) is 20.2 Å². The van der Waals surface area contributed by atoms with Crippen LogP contribution in [0, 0.1) is 5.92 Å². The van der Waals surface area contributed by atoms with E-state index in [0.717, 1.165) is 32.2 Å². The number of nitrogens with one attached hydrogen (secondary N) is 3. The molecule has 1 heterocycles. The molecule has 0 spiro atoms. The van der Waals surface area contributed by atoms with E-state index in [1.54, 1.807) is 6.20 Å². The van der Waals surface area contributed by atoms with Crippen LogP contribution in [0.25, 0.3) is 0 Å². The average molecular weight is 316 g/mol. The number of H-pyrrole nitrogens is 1. The SMILES string of the molecule is CCCCC(CC)CNS(=O)(=O)c1[nH]ncc1CNCC. The number of hydrogen-bond acceptors (Lipinski definition) is 4. The summed E-state index contributed by atoms with van der Waals surface area (Å²) in [5, 5.41) is 9.74. The van der Waals surface area contributed by atoms with Crippen molar-refractivity contribution in [2.75, 3.05) is 13.1 Å². The summed E-state index contributed by atoms with van der Waals surface area (Å²) in [4.78, 5) is 0. The Bertz CT molecular complexity index is 499. The molecule has 21 heavy (non-hydrogen) atoms. The van der Waals surface area contributed by atoms with Crippen molar-refractivity contribution in [3.05, 3.63) is 11.8 Å². The van der Waals surface area contributed by atoms with Crippen molar-refractivity contribution in [2.24, 2.45) is 5.92 Å². The van der Waals surface area contributed by atoms with Gasteiger partial charge in [0.25, 0.3) is 10.0 Å². The summed E-state index contributed by atoms with van der Waals surface area (Å²) in [7, 11) is -3.52. The Balaban J connectivity index is 2.66. The fourth-order valence-corrected chi connectivity index (χ4v) is 3.40. The van der Waals surface area contributed by atoms with Crippen molar-refractivity contribution < 1.29 is 8.42 Å². The maximum absolute atomic E-state index is 12.4. The second-order valence-corrected chi connectivity index (χ2v) is 6.98. The van der Waals surface area contributed by atoms with Crippen LogP contribution in [0.1, 0.15) is 52.0 Å². The van der Waals surface area contributed by atoms with Crippen molar-refractivity contribution in [2.45, 2.75) is 58.0 Å². The Morgan fingerprint density at radius 2 is 2.10 bits per heavy atom. The van der Waals surface area contributed by atoms with E-state index in [-0.39, 0.29) is 5.03 Å². The van der Waals surface area contributed by atoms with Crippen LogP contribution < -0.4 is 10.0 Å².